The van der Waals surface area contributed by atoms with Gasteiger partial charge in [-0.05, 0) is 45.7 Å². The highest BCUT2D eigenvalue weighted by molar-refractivity contribution is 5.90. The zero-order chi connectivity index (χ0) is 20.1. The molecule has 1 aliphatic rings. The Kier molecular flexibility index (Phi) is 6.24. The maximum absolute atomic E-state index is 12.4. The van der Waals surface area contributed by atoms with Gasteiger partial charge in [-0.1, -0.05) is 12.8 Å². The molecule has 27 heavy (non-hydrogen) atoms. The van der Waals surface area contributed by atoms with E-state index in [0.29, 0.717) is 5.69 Å². The topological polar surface area (TPSA) is 123 Å². The van der Waals surface area contributed by atoms with Crippen LogP contribution in [0.2, 0.25) is 0 Å². The van der Waals surface area contributed by atoms with Crippen molar-refractivity contribution in [3.05, 3.63) is 34.4 Å². The van der Waals surface area contributed by atoms with Crippen LogP contribution < -0.4 is 16.0 Å². The van der Waals surface area contributed by atoms with Crippen LogP contribution in [-0.2, 0) is 4.74 Å². The van der Waals surface area contributed by atoms with E-state index in [9.17, 15) is 19.7 Å². The second kappa shape index (κ2) is 8.24. The minimum absolute atomic E-state index is 0.0465. The van der Waals surface area contributed by atoms with E-state index >= 15 is 0 Å². The average molecular weight is 378 g/mol. The molecule has 9 nitrogen and oxygen atoms in total. The number of non-ortho nitro benzene ring substituents is 1. The van der Waals surface area contributed by atoms with Gasteiger partial charge in [-0.15, -0.1) is 0 Å². The second-order valence-corrected chi connectivity index (χ2v) is 7.73. The van der Waals surface area contributed by atoms with Crippen molar-refractivity contribution in [3.8, 4) is 0 Å². The lowest BCUT2D eigenvalue weighted by Gasteiger charge is -2.31. The van der Waals surface area contributed by atoms with E-state index in [2.05, 4.69) is 16.0 Å². The summed E-state index contributed by atoms with van der Waals surface area (Å²) in [5, 5.41) is 19.0. The summed E-state index contributed by atoms with van der Waals surface area (Å²) in [7, 11) is 0. The molecule has 1 aliphatic carbocycles. The van der Waals surface area contributed by atoms with Crippen molar-refractivity contribution < 1.29 is 19.2 Å². The van der Waals surface area contributed by atoms with Gasteiger partial charge in [-0.2, -0.15) is 0 Å². The number of anilines is 1. The van der Waals surface area contributed by atoms with Gasteiger partial charge < -0.3 is 20.7 Å². The monoisotopic (exact) mass is 378 g/mol. The number of urea groups is 1. The molecule has 148 valence electrons. The Morgan fingerprint density at radius 1 is 1.19 bits per heavy atom. The van der Waals surface area contributed by atoms with Gasteiger partial charge in [0.15, 0.2) is 0 Å². The summed E-state index contributed by atoms with van der Waals surface area (Å²) in [6.45, 7) is 5.63. The van der Waals surface area contributed by atoms with E-state index in [1.807, 2.05) is 0 Å². The van der Waals surface area contributed by atoms with Gasteiger partial charge in [0.25, 0.3) is 5.69 Å². The predicted molar refractivity (Wildman–Crippen MR) is 101 cm³/mol. The van der Waals surface area contributed by atoms with Crippen LogP contribution in [0.25, 0.3) is 0 Å². The number of nitrogens with one attached hydrogen (secondary N) is 3. The Balaban J connectivity index is 1.93. The molecule has 0 saturated heterocycles. The Morgan fingerprint density at radius 3 is 2.30 bits per heavy atom. The Bertz CT molecular complexity index is 691. The van der Waals surface area contributed by atoms with Crippen molar-refractivity contribution in [2.45, 2.75) is 57.6 Å². The molecule has 9 heteroatoms. The van der Waals surface area contributed by atoms with Crippen LogP contribution in [0.4, 0.5) is 21.0 Å². The number of hydrogen-bond acceptors (Lipinski definition) is 5. The molecule has 3 N–H and O–H groups in total. The summed E-state index contributed by atoms with van der Waals surface area (Å²) in [6, 6.07) is 5.17. The maximum Gasteiger partial charge on any atom is 0.407 e. The molecule has 1 aromatic rings. The zero-order valence-electron chi connectivity index (χ0n) is 15.8. The fourth-order valence-electron chi connectivity index (χ4n) is 3.02. The zero-order valence-corrected chi connectivity index (χ0v) is 15.8. The number of alkyl carbamates (subject to hydrolysis) is 1. The number of hydrogen-bond donors (Lipinski definition) is 3. The third-order valence-corrected chi connectivity index (χ3v) is 4.25. The number of benzene rings is 1. The van der Waals surface area contributed by atoms with Gasteiger partial charge in [0.2, 0.25) is 0 Å². The molecule has 0 radical (unpaired) electrons. The number of ether oxygens (including phenoxy) is 1. The standard InChI is InChI=1S/C18H26N4O5/c1-17(2,3)27-16(24)19-12-18(10-4-5-11-18)21-15(23)20-13-6-8-14(9-7-13)22(25)26/h6-9H,4-5,10-12H2,1-3H3,(H,19,24)(H2,20,21,23). The van der Waals surface area contributed by atoms with Crippen molar-refractivity contribution in [2.24, 2.45) is 0 Å². The minimum Gasteiger partial charge on any atom is -0.444 e. The van der Waals surface area contributed by atoms with Crippen molar-refractivity contribution in [1.29, 1.82) is 0 Å². The van der Waals surface area contributed by atoms with Gasteiger partial charge in [-0.25, -0.2) is 9.59 Å². The number of nitro groups is 1. The Labute approximate surface area is 158 Å². The third-order valence-electron chi connectivity index (χ3n) is 4.25. The molecular weight excluding hydrogens is 352 g/mol. The molecule has 0 atom stereocenters. The summed E-state index contributed by atoms with van der Waals surface area (Å²) in [5.41, 5.74) is -0.726. The second-order valence-electron chi connectivity index (χ2n) is 7.73. The Hall–Kier alpha value is -2.84. The van der Waals surface area contributed by atoms with Crippen LogP contribution in [-0.4, -0.2) is 34.7 Å². The van der Waals surface area contributed by atoms with Gasteiger partial charge in [0.05, 0.1) is 10.5 Å². The number of nitro benzene ring substituents is 1. The van der Waals surface area contributed by atoms with E-state index in [4.69, 9.17) is 4.74 Å². The molecule has 0 aliphatic heterocycles. The molecule has 2 rings (SSSR count). The normalized spacial score (nSPS) is 15.7. The lowest BCUT2D eigenvalue weighted by Crippen LogP contribution is -2.55. The first-order valence-electron chi connectivity index (χ1n) is 8.89. The van der Waals surface area contributed by atoms with Crippen molar-refractivity contribution in [3.63, 3.8) is 0 Å². The van der Waals surface area contributed by atoms with Crippen molar-refractivity contribution in [1.82, 2.24) is 10.6 Å². The molecule has 0 aromatic heterocycles. The van der Waals surface area contributed by atoms with E-state index in [-0.39, 0.29) is 12.2 Å². The highest BCUT2D eigenvalue weighted by Gasteiger charge is 2.36. The minimum atomic E-state index is -0.590. The number of rotatable bonds is 5. The highest BCUT2D eigenvalue weighted by Crippen LogP contribution is 2.29. The van der Waals surface area contributed by atoms with E-state index in [1.54, 1.807) is 20.8 Å². The predicted octanol–water partition coefficient (Wildman–Crippen LogP) is 3.55. The van der Waals surface area contributed by atoms with Crippen LogP contribution in [0.1, 0.15) is 46.5 Å². The largest absolute Gasteiger partial charge is 0.444 e. The summed E-state index contributed by atoms with van der Waals surface area (Å²) < 4.78 is 5.24. The first-order valence-corrected chi connectivity index (χ1v) is 8.89. The van der Waals surface area contributed by atoms with Crippen LogP contribution in [0.15, 0.2) is 24.3 Å². The fraction of sp³-hybridized carbons (Fsp3) is 0.556. The van der Waals surface area contributed by atoms with Crippen LogP contribution in [0.3, 0.4) is 0 Å². The van der Waals surface area contributed by atoms with Crippen LogP contribution >= 0.6 is 0 Å². The summed E-state index contributed by atoms with van der Waals surface area (Å²) >= 11 is 0. The van der Waals surface area contributed by atoms with Gasteiger partial charge in [-0.3, -0.25) is 10.1 Å². The lowest BCUT2D eigenvalue weighted by atomic mass is 9.98. The third kappa shape index (κ3) is 6.43. The van der Waals surface area contributed by atoms with Gasteiger partial charge >= 0.3 is 12.1 Å². The van der Waals surface area contributed by atoms with Gasteiger partial charge in [0, 0.05) is 24.4 Å². The van der Waals surface area contributed by atoms with Crippen molar-refractivity contribution >= 4 is 23.5 Å². The molecule has 0 heterocycles. The number of amides is 3. The Morgan fingerprint density at radius 2 is 1.78 bits per heavy atom. The molecule has 3 amide bonds. The quantitative estimate of drug-likeness (QED) is 0.534. The van der Waals surface area contributed by atoms with E-state index < -0.39 is 28.2 Å². The van der Waals surface area contributed by atoms with E-state index in [1.165, 1.54) is 24.3 Å². The number of carbonyl (C=O) groups excluding carboxylic acids is 2. The van der Waals surface area contributed by atoms with Crippen LogP contribution in [0.5, 0.6) is 0 Å². The molecular formula is C18H26N4O5. The summed E-state index contributed by atoms with van der Waals surface area (Å²) in [4.78, 5) is 34.5. The summed E-state index contributed by atoms with van der Waals surface area (Å²) in [5.74, 6) is 0. The average Bonchev–Trinajstić information content (AvgIpc) is 3.00. The first-order chi connectivity index (χ1) is 12.6. The fourth-order valence-corrected chi connectivity index (χ4v) is 3.02. The van der Waals surface area contributed by atoms with Crippen LogP contribution in [0, 0.1) is 10.1 Å². The highest BCUT2D eigenvalue weighted by atomic mass is 16.6. The molecule has 0 unspecified atom stereocenters. The molecule has 0 bridgehead atoms. The SMILES string of the molecule is CC(C)(C)OC(=O)NCC1(NC(=O)Nc2ccc([N+](=O)[O-])cc2)CCCC1. The lowest BCUT2D eigenvalue weighted by molar-refractivity contribution is -0.384. The maximum atomic E-state index is 12.4. The molecule has 0 spiro atoms. The summed E-state index contributed by atoms with van der Waals surface area (Å²) in [6.07, 6.45) is 2.88. The first kappa shape index (κ1) is 20.5. The van der Waals surface area contributed by atoms with Gasteiger partial charge in [0.1, 0.15) is 5.60 Å². The van der Waals surface area contributed by atoms with E-state index in [0.717, 1.165) is 25.7 Å². The number of carbonyl (C=O) groups is 2. The molecule has 1 fully saturated rings. The van der Waals surface area contributed by atoms with Crippen molar-refractivity contribution in [2.75, 3.05) is 11.9 Å². The number of nitrogens with zero attached hydrogens (tertiary/aromatic N) is 1. The smallest absolute Gasteiger partial charge is 0.407 e. The molecule has 1 aromatic carbocycles. The molecule has 1 saturated carbocycles.